The number of hydrazine groups is 1. The highest BCUT2D eigenvalue weighted by Crippen LogP contribution is 2.26. The summed E-state index contributed by atoms with van der Waals surface area (Å²) < 4.78 is 30.5. The third-order valence-electron chi connectivity index (χ3n) is 5.74. The normalized spacial score (nSPS) is 18.5. The number of carbonyl (C=O) groups excluding carboxylic acids is 2. The molecule has 1 unspecified atom stereocenters. The van der Waals surface area contributed by atoms with E-state index >= 15 is 0 Å². The molecule has 0 saturated carbocycles. The smallest absolute Gasteiger partial charge is 0.247 e. The quantitative estimate of drug-likeness (QED) is 0.395. The van der Waals surface area contributed by atoms with Crippen molar-refractivity contribution in [3.05, 3.63) is 42.0 Å². The Morgan fingerprint density at radius 2 is 1.89 bits per heavy atom. The van der Waals surface area contributed by atoms with Gasteiger partial charge in [-0.2, -0.15) is 0 Å². The van der Waals surface area contributed by atoms with Crippen LogP contribution < -0.4 is 10.9 Å². The zero-order valence-corrected chi connectivity index (χ0v) is 21.9. The Kier molecular flexibility index (Phi) is 11.9. The van der Waals surface area contributed by atoms with Gasteiger partial charge in [-0.15, -0.1) is 4.41 Å². The minimum Gasteiger partial charge on any atom is -0.350 e. The predicted octanol–water partition coefficient (Wildman–Crippen LogP) is 3.26. The average molecular weight is 510 g/mol. The van der Waals surface area contributed by atoms with E-state index in [-0.39, 0.29) is 18.9 Å². The van der Waals surface area contributed by atoms with Crippen LogP contribution >= 0.6 is 0 Å². The van der Waals surface area contributed by atoms with Crippen LogP contribution in [0.25, 0.3) is 6.08 Å². The predicted molar refractivity (Wildman–Crippen MR) is 135 cm³/mol. The molecule has 0 spiro atoms. The van der Waals surface area contributed by atoms with Gasteiger partial charge in [0.05, 0.1) is 18.1 Å². The lowest BCUT2D eigenvalue weighted by Gasteiger charge is -2.29. The van der Waals surface area contributed by atoms with Crippen LogP contribution in [0.5, 0.6) is 0 Å². The van der Waals surface area contributed by atoms with E-state index in [9.17, 15) is 18.0 Å². The lowest BCUT2D eigenvalue weighted by atomic mass is 9.82. The van der Waals surface area contributed by atoms with Gasteiger partial charge in [0.1, 0.15) is 0 Å². The third kappa shape index (κ3) is 10.1. The first-order valence-electron chi connectivity index (χ1n) is 12.2. The van der Waals surface area contributed by atoms with Gasteiger partial charge in [0.2, 0.25) is 21.8 Å². The largest absolute Gasteiger partial charge is 0.350 e. The van der Waals surface area contributed by atoms with Crippen molar-refractivity contribution in [1.29, 1.82) is 0 Å². The van der Waals surface area contributed by atoms with Gasteiger partial charge in [0, 0.05) is 19.6 Å². The van der Waals surface area contributed by atoms with E-state index in [0.717, 1.165) is 29.1 Å². The van der Waals surface area contributed by atoms with Gasteiger partial charge in [-0.1, -0.05) is 56.3 Å². The molecule has 1 saturated heterocycles. The van der Waals surface area contributed by atoms with Crippen molar-refractivity contribution in [2.75, 3.05) is 19.4 Å². The van der Waals surface area contributed by atoms with Crippen molar-refractivity contribution in [3.63, 3.8) is 0 Å². The summed E-state index contributed by atoms with van der Waals surface area (Å²) in [6, 6.07) is 9.64. The highest BCUT2D eigenvalue weighted by molar-refractivity contribution is 7.88. The van der Waals surface area contributed by atoms with Crippen molar-refractivity contribution < 1.29 is 27.6 Å². The second kappa shape index (κ2) is 14.3. The summed E-state index contributed by atoms with van der Waals surface area (Å²) >= 11 is 0. The highest BCUT2D eigenvalue weighted by atomic mass is 32.2. The lowest BCUT2D eigenvalue weighted by molar-refractivity contribution is -0.203. The molecule has 1 aromatic rings. The zero-order valence-electron chi connectivity index (χ0n) is 21.1. The Morgan fingerprint density at radius 3 is 2.46 bits per heavy atom. The third-order valence-corrected chi connectivity index (χ3v) is 6.89. The molecule has 2 rings (SSSR count). The second-order valence-corrected chi connectivity index (χ2v) is 11.1. The maximum Gasteiger partial charge on any atom is 0.247 e. The maximum atomic E-state index is 13.3. The SMILES string of the molecule is CCN(NC(=O)[C@H](CC(C)C)[C@H](C/C=C/c1ccccc1)C(=O)NOC1CCCCO1)S(C)(=O)=O. The number of hydrogen-bond donors (Lipinski definition) is 2. The van der Waals surface area contributed by atoms with Gasteiger partial charge in [0.15, 0.2) is 6.29 Å². The fourth-order valence-electron chi connectivity index (χ4n) is 3.94. The molecule has 10 heteroatoms. The van der Waals surface area contributed by atoms with Crippen LogP contribution in [0.4, 0.5) is 0 Å². The molecule has 1 aliphatic heterocycles. The monoisotopic (exact) mass is 509 g/mol. The van der Waals surface area contributed by atoms with Gasteiger partial charge >= 0.3 is 0 Å². The first kappa shape index (κ1) is 29.0. The Hall–Kier alpha value is -2.27. The van der Waals surface area contributed by atoms with Crippen molar-refractivity contribution in [3.8, 4) is 0 Å². The Balaban J connectivity index is 2.24. The van der Waals surface area contributed by atoms with Gasteiger partial charge < -0.3 is 4.74 Å². The molecule has 1 heterocycles. The molecule has 0 bridgehead atoms. The van der Waals surface area contributed by atoms with Gasteiger partial charge in [-0.3, -0.25) is 15.0 Å². The molecular weight excluding hydrogens is 470 g/mol. The first-order chi connectivity index (χ1) is 16.6. The van der Waals surface area contributed by atoms with Crippen molar-refractivity contribution in [1.82, 2.24) is 15.3 Å². The van der Waals surface area contributed by atoms with Crippen LogP contribution in [0, 0.1) is 17.8 Å². The van der Waals surface area contributed by atoms with E-state index in [4.69, 9.17) is 9.57 Å². The zero-order chi connectivity index (χ0) is 25.8. The Morgan fingerprint density at radius 1 is 1.17 bits per heavy atom. The van der Waals surface area contributed by atoms with Crippen LogP contribution in [0.3, 0.4) is 0 Å². The number of hydrogen-bond acceptors (Lipinski definition) is 6. The van der Waals surface area contributed by atoms with Gasteiger partial charge in [-0.25, -0.2) is 18.7 Å². The first-order valence-corrected chi connectivity index (χ1v) is 14.0. The van der Waals surface area contributed by atoms with E-state index in [1.807, 2.05) is 56.3 Å². The standard InChI is InChI=1S/C25H39N3O6S/c1-5-28(35(4,31)32)26-24(29)22(18-19(2)3)21(15-11-14-20-12-7-6-8-13-20)25(30)27-34-23-16-9-10-17-33-23/h6-8,11-14,19,21-23H,5,9-10,15-18H2,1-4H3,(H,26,29)(H,27,30)/b14-11+/t21-,22+,23?/m0/s1. The van der Waals surface area contributed by atoms with Crippen LogP contribution in [-0.2, 0) is 29.2 Å². The van der Waals surface area contributed by atoms with Gasteiger partial charge in [-0.05, 0) is 44.1 Å². The molecular formula is C25H39N3O6S. The number of rotatable bonds is 13. The number of benzene rings is 1. The van der Waals surface area contributed by atoms with E-state index in [2.05, 4.69) is 10.9 Å². The van der Waals surface area contributed by atoms with Crippen LogP contribution in [0.15, 0.2) is 36.4 Å². The highest BCUT2D eigenvalue weighted by Gasteiger charge is 2.35. The summed E-state index contributed by atoms with van der Waals surface area (Å²) in [5, 5.41) is 0. The fourth-order valence-corrected chi connectivity index (χ4v) is 4.66. The molecule has 1 fully saturated rings. The molecule has 196 valence electrons. The van der Waals surface area contributed by atoms with Crippen LogP contribution in [0.2, 0.25) is 0 Å². The number of hydroxylamine groups is 1. The van der Waals surface area contributed by atoms with Gasteiger partial charge in [0.25, 0.3) is 0 Å². The number of ether oxygens (including phenoxy) is 1. The Labute approximate surface area is 209 Å². The molecule has 0 radical (unpaired) electrons. The molecule has 35 heavy (non-hydrogen) atoms. The summed E-state index contributed by atoms with van der Waals surface area (Å²) in [6.45, 7) is 6.18. The van der Waals surface area contributed by atoms with E-state index in [1.165, 1.54) is 0 Å². The molecule has 1 aliphatic rings. The summed E-state index contributed by atoms with van der Waals surface area (Å²) in [6.07, 6.45) is 7.48. The van der Waals surface area contributed by atoms with Crippen molar-refractivity contribution in [2.24, 2.45) is 17.8 Å². The maximum absolute atomic E-state index is 13.3. The number of carbonyl (C=O) groups is 2. The minimum atomic E-state index is -3.65. The number of sulfonamides is 1. The Bertz CT molecular complexity index is 930. The molecule has 9 nitrogen and oxygen atoms in total. The fraction of sp³-hybridized carbons (Fsp3) is 0.600. The van der Waals surface area contributed by atoms with E-state index in [1.54, 1.807) is 6.92 Å². The topological polar surface area (TPSA) is 114 Å². The molecule has 0 aromatic heterocycles. The molecule has 0 aliphatic carbocycles. The summed E-state index contributed by atoms with van der Waals surface area (Å²) in [4.78, 5) is 32.1. The lowest BCUT2D eigenvalue weighted by Crippen LogP contribution is -2.51. The summed E-state index contributed by atoms with van der Waals surface area (Å²) in [7, 11) is -3.65. The molecule has 3 atom stereocenters. The number of allylic oxidation sites excluding steroid dienone is 1. The number of nitrogens with zero attached hydrogens (tertiary/aromatic N) is 1. The summed E-state index contributed by atoms with van der Waals surface area (Å²) in [5.41, 5.74) is 5.97. The number of amides is 2. The van der Waals surface area contributed by atoms with Crippen molar-refractivity contribution in [2.45, 2.75) is 59.2 Å². The van der Waals surface area contributed by atoms with E-state index < -0.39 is 40.0 Å². The summed E-state index contributed by atoms with van der Waals surface area (Å²) in [5.74, 6) is -2.43. The minimum absolute atomic E-state index is 0.0753. The van der Waals surface area contributed by atoms with Crippen LogP contribution in [-0.4, -0.2) is 50.3 Å². The van der Waals surface area contributed by atoms with Crippen molar-refractivity contribution >= 4 is 27.9 Å². The number of nitrogens with one attached hydrogen (secondary N) is 2. The molecule has 2 N–H and O–H groups in total. The molecule has 1 aromatic carbocycles. The van der Waals surface area contributed by atoms with Crippen LogP contribution in [0.1, 0.15) is 58.4 Å². The average Bonchev–Trinajstić information content (AvgIpc) is 2.82. The second-order valence-electron chi connectivity index (χ2n) is 9.18. The molecule has 2 amide bonds. The van der Waals surface area contributed by atoms with E-state index in [0.29, 0.717) is 19.4 Å².